The van der Waals surface area contributed by atoms with E-state index in [0.29, 0.717) is 86.8 Å². The number of nitrogens with zero attached hydrogens (tertiary/aromatic N) is 8. The van der Waals surface area contributed by atoms with E-state index in [4.69, 9.17) is 28.8 Å². The maximum absolute atomic E-state index is 12.6. The number of pyridine rings is 4. The second-order valence-corrected chi connectivity index (χ2v) is 26.1. The number of hydrogen-bond donors (Lipinski definition) is 3. The van der Waals surface area contributed by atoms with Gasteiger partial charge in [0, 0.05) is 119 Å². The average molecular weight is 1340 g/mol. The zero-order valence-electron chi connectivity index (χ0n) is 61.2. The molecule has 20 nitrogen and oxygen atoms in total. The molecule has 4 aromatic carbocycles. The number of ether oxygens (including phenoxy) is 5. The Morgan fingerprint density at radius 1 is 0.480 bits per heavy atom. The predicted molar refractivity (Wildman–Crippen MR) is 396 cm³/mol. The number of carbonyl (C=O) groups is 4. The highest BCUT2D eigenvalue weighted by atomic mass is 16.5. The van der Waals surface area contributed by atoms with Crippen LogP contribution in [0.4, 0.5) is 22.7 Å². The molecule has 10 rings (SSSR count). The molecule has 2 saturated heterocycles. The molecule has 0 aliphatic carbocycles. The van der Waals surface area contributed by atoms with Gasteiger partial charge < -0.3 is 59.0 Å². The van der Waals surface area contributed by atoms with Gasteiger partial charge in [0.15, 0.2) is 0 Å². The van der Waals surface area contributed by atoms with E-state index < -0.39 is 0 Å². The van der Waals surface area contributed by atoms with Gasteiger partial charge in [-0.1, -0.05) is 46.5 Å². The van der Waals surface area contributed by atoms with Crippen LogP contribution in [0.25, 0.3) is 43.6 Å². The van der Waals surface area contributed by atoms with Crippen molar-refractivity contribution < 1.29 is 48.0 Å². The molecule has 4 aromatic heterocycles. The van der Waals surface area contributed by atoms with E-state index in [-0.39, 0.29) is 30.5 Å². The highest BCUT2D eigenvalue weighted by Gasteiger charge is 2.30. The standard InChI is InChI=1S/C22H31N3O2.C21H29N3O2.C18H24N2O3.C17H22N2O3/c1-6-27-22(26)19-13-23-20-16(3)11-15(2)12-18(20)21(19)25-9-7-17(8-10-25)14-24(4)5;1-6-26-21(25)18-13-22-19-15(3)11-14(2)12-17(19)20(18)24-9-7-16(8-10-24)23(4)5;1-5-23-18(21)15-11-20-16-13(3)9-12(2)10-14(16)17(15)19-7-6-8-22-4;1-4-22-17(21)14-10-19-15-12(3)8-11(2)9-13(15)16(14)18-6-5-7-20/h11-13,17H,6-10,14H2,1-5H3;11-13,16H,6-10H2,1-5H3;9-11H,5-8H2,1-4H3,(H,19,20);8-10,20H,4-7H2,1-3H3,(H,18,19). The van der Waals surface area contributed by atoms with Crippen molar-refractivity contribution in [3.05, 3.63) is 140 Å². The Morgan fingerprint density at radius 3 is 1.14 bits per heavy atom. The summed E-state index contributed by atoms with van der Waals surface area (Å²) in [5, 5.41) is 19.5. The van der Waals surface area contributed by atoms with Crippen LogP contribution in [-0.2, 0) is 23.7 Å². The third-order valence-electron chi connectivity index (χ3n) is 17.7. The lowest BCUT2D eigenvalue weighted by Gasteiger charge is -2.37. The number of carbonyl (C=O) groups excluding carboxylic acids is 4. The van der Waals surface area contributed by atoms with Crippen molar-refractivity contribution in [2.45, 2.75) is 128 Å². The van der Waals surface area contributed by atoms with E-state index in [2.05, 4.69) is 149 Å². The van der Waals surface area contributed by atoms with Crippen LogP contribution >= 0.6 is 0 Å². The Kier molecular flexibility index (Phi) is 28.9. The molecule has 2 aliphatic heterocycles. The van der Waals surface area contributed by atoms with Crippen LogP contribution in [0.15, 0.2) is 73.3 Å². The molecular formula is C78H106N10O10. The van der Waals surface area contributed by atoms with Crippen molar-refractivity contribution in [3.8, 4) is 0 Å². The van der Waals surface area contributed by atoms with Gasteiger partial charge in [0.1, 0.15) is 22.3 Å². The van der Waals surface area contributed by atoms with E-state index in [1.807, 2.05) is 47.6 Å². The number of hydrogen-bond acceptors (Lipinski definition) is 20. The number of rotatable bonds is 22. The molecule has 8 aromatic rings. The van der Waals surface area contributed by atoms with Gasteiger partial charge in [0.05, 0.1) is 71.2 Å². The first-order chi connectivity index (χ1) is 47.0. The number of piperidine rings is 2. The lowest BCUT2D eigenvalue weighted by Crippen LogP contribution is -2.42. The van der Waals surface area contributed by atoms with Gasteiger partial charge in [-0.15, -0.1) is 0 Å². The number of fused-ring (bicyclic) bond motifs is 4. The molecule has 0 radical (unpaired) electrons. The van der Waals surface area contributed by atoms with Crippen LogP contribution in [0.2, 0.25) is 0 Å². The number of aliphatic hydroxyl groups excluding tert-OH is 1. The highest BCUT2D eigenvalue weighted by molar-refractivity contribution is 6.09. The Morgan fingerprint density at radius 2 is 0.806 bits per heavy atom. The third kappa shape index (κ3) is 19.6. The van der Waals surface area contributed by atoms with Crippen LogP contribution in [0.5, 0.6) is 0 Å². The number of aliphatic hydroxyl groups is 1. The first-order valence-electron chi connectivity index (χ1n) is 34.7. The fourth-order valence-electron chi connectivity index (χ4n) is 13.3. The van der Waals surface area contributed by atoms with Crippen LogP contribution in [0.1, 0.15) is 152 Å². The Bertz CT molecular complexity index is 4050. The van der Waals surface area contributed by atoms with Crippen molar-refractivity contribution in [2.24, 2.45) is 5.92 Å². The van der Waals surface area contributed by atoms with Gasteiger partial charge >= 0.3 is 23.9 Å². The minimum absolute atomic E-state index is 0.100. The quantitative estimate of drug-likeness (QED) is 0.0326. The maximum Gasteiger partial charge on any atom is 0.341 e. The minimum atomic E-state index is -0.387. The summed E-state index contributed by atoms with van der Waals surface area (Å²) in [6, 6.07) is 17.4. The number of nitrogens with one attached hydrogen (secondary N) is 2. The number of methoxy groups -OCH3 is 1. The molecule has 0 bridgehead atoms. The smallest absolute Gasteiger partial charge is 0.341 e. The molecule has 20 heteroatoms. The second-order valence-electron chi connectivity index (χ2n) is 26.1. The molecule has 0 saturated carbocycles. The number of aromatic nitrogens is 4. The fourth-order valence-corrected chi connectivity index (χ4v) is 13.3. The second kappa shape index (κ2) is 36.9. The average Bonchev–Trinajstić information content (AvgIpc) is 0.792. The molecule has 98 heavy (non-hydrogen) atoms. The molecule has 6 heterocycles. The number of anilines is 4. The molecule has 0 atom stereocenters. The minimum Gasteiger partial charge on any atom is -0.462 e. The van der Waals surface area contributed by atoms with E-state index in [1.54, 1.807) is 45.7 Å². The van der Waals surface area contributed by atoms with Crippen LogP contribution in [0.3, 0.4) is 0 Å². The first kappa shape index (κ1) is 76.8. The zero-order valence-corrected chi connectivity index (χ0v) is 61.2. The van der Waals surface area contributed by atoms with Gasteiger partial charge in [-0.3, -0.25) is 19.9 Å². The van der Waals surface area contributed by atoms with Crippen molar-refractivity contribution in [1.82, 2.24) is 29.7 Å². The summed E-state index contributed by atoms with van der Waals surface area (Å²) in [4.78, 5) is 77.0. The molecule has 528 valence electrons. The molecule has 0 spiro atoms. The van der Waals surface area contributed by atoms with Gasteiger partial charge in [-0.05, 0) is 202 Å². The summed E-state index contributed by atoms with van der Waals surface area (Å²) in [5.41, 5.74) is 18.3. The third-order valence-corrected chi connectivity index (χ3v) is 17.7. The van der Waals surface area contributed by atoms with Crippen LogP contribution in [0, 0.1) is 61.3 Å². The van der Waals surface area contributed by atoms with Gasteiger partial charge in [0.2, 0.25) is 0 Å². The van der Waals surface area contributed by atoms with Gasteiger partial charge in [0.25, 0.3) is 0 Å². The van der Waals surface area contributed by atoms with Crippen LogP contribution < -0.4 is 20.4 Å². The zero-order chi connectivity index (χ0) is 71.3. The topological polar surface area (TPSA) is 223 Å². The fraction of sp³-hybridized carbons (Fsp3) is 0.487. The molecule has 3 N–H and O–H groups in total. The largest absolute Gasteiger partial charge is 0.462 e. The summed E-state index contributed by atoms with van der Waals surface area (Å²) in [5.74, 6) is -0.598. The highest BCUT2D eigenvalue weighted by Crippen LogP contribution is 2.38. The number of aryl methyl sites for hydroxylation is 8. The van der Waals surface area contributed by atoms with Crippen LogP contribution in [-0.4, -0.2) is 186 Å². The van der Waals surface area contributed by atoms with Crippen molar-refractivity contribution in [3.63, 3.8) is 0 Å². The van der Waals surface area contributed by atoms with Crippen molar-refractivity contribution in [1.29, 1.82) is 0 Å². The van der Waals surface area contributed by atoms with Crippen molar-refractivity contribution in [2.75, 3.05) is 141 Å². The molecular weight excluding hydrogens is 1240 g/mol. The Hall–Kier alpha value is -8.56. The number of benzene rings is 4. The molecule has 2 fully saturated rings. The van der Waals surface area contributed by atoms with Crippen molar-refractivity contribution >= 4 is 90.2 Å². The monoisotopic (exact) mass is 1340 g/mol. The summed E-state index contributed by atoms with van der Waals surface area (Å²) >= 11 is 0. The van der Waals surface area contributed by atoms with E-state index in [9.17, 15) is 19.2 Å². The lowest BCUT2D eigenvalue weighted by atomic mass is 9.94. The van der Waals surface area contributed by atoms with E-state index in [0.717, 1.165) is 165 Å². The first-order valence-corrected chi connectivity index (χ1v) is 34.7. The van der Waals surface area contributed by atoms with Gasteiger partial charge in [-0.2, -0.15) is 0 Å². The Labute approximate surface area is 580 Å². The van der Waals surface area contributed by atoms with E-state index in [1.165, 1.54) is 11.1 Å². The predicted octanol–water partition coefficient (Wildman–Crippen LogP) is 13.7. The Balaban J connectivity index is 0.000000185. The number of esters is 4. The molecule has 0 amide bonds. The summed E-state index contributed by atoms with van der Waals surface area (Å²) in [6.07, 6.45) is 12.5. The normalized spacial score (nSPS) is 13.4. The maximum atomic E-state index is 12.6. The SMILES string of the molecule is CCOC(=O)c1cnc2c(C)cc(C)cc2c1N1CCC(CN(C)C)CC1.CCOC(=O)c1cnc2c(C)cc(C)cc2c1N1CCC(N(C)C)CC1.CCOC(=O)c1cnc2c(C)cc(C)cc2c1NCCCO.CCOC(=O)c1cnc2c(C)cc(C)cc2c1NCCCOC. The molecule has 0 unspecified atom stereocenters. The molecule has 2 aliphatic rings. The van der Waals surface area contributed by atoms with Gasteiger partial charge in [-0.25, -0.2) is 19.2 Å². The summed E-state index contributed by atoms with van der Waals surface area (Å²) < 4.78 is 26.0. The van der Waals surface area contributed by atoms with E-state index >= 15 is 0 Å². The summed E-state index contributed by atoms with van der Waals surface area (Å²) in [6.45, 7) is 32.0. The summed E-state index contributed by atoms with van der Waals surface area (Å²) in [7, 11) is 10.2. The lowest BCUT2D eigenvalue weighted by molar-refractivity contribution is 0.0517.